The van der Waals surface area contributed by atoms with Gasteiger partial charge in [-0.2, -0.15) is 5.10 Å². The van der Waals surface area contributed by atoms with Gasteiger partial charge in [-0.1, -0.05) is 0 Å². The molecule has 0 unspecified atom stereocenters. The molecule has 1 aliphatic rings. The van der Waals surface area contributed by atoms with Crippen LogP contribution in [-0.2, 0) is 6.54 Å². The Morgan fingerprint density at radius 3 is 2.40 bits per heavy atom. The second kappa shape index (κ2) is 6.45. The highest BCUT2D eigenvalue weighted by Crippen LogP contribution is 2.27. The van der Waals surface area contributed by atoms with E-state index in [9.17, 15) is 0 Å². The third-order valence-corrected chi connectivity index (χ3v) is 3.98. The number of aromatic nitrogens is 2. The SMILES string of the molecule is CCn1nc(C)c(N)c1N1CCN(CCN(C)C)CC1. The molecule has 0 radical (unpaired) electrons. The zero-order valence-corrected chi connectivity index (χ0v) is 13.3. The van der Waals surface area contributed by atoms with E-state index in [0.717, 1.165) is 63.0 Å². The molecule has 1 fully saturated rings. The summed E-state index contributed by atoms with van der Waals surface area (Å²) in [7, 11) is 4.25. The van der Waals surface area contributed by atoms with Crippen molar-refractivity contribution in [1.29, 1.82) is 0 Å². The van der Waals surface area contributed by atoms with Crippen LogP contribution in [-0.4, -0.2) is 72.9 Å². The molecule has 1 saturated heterocycles. The lowest BCUT2D eigenvalue weighted by molar-refractivity contribution is 0.228. The average molecular weight is 280 g/mol. The smallest absolute Gasteiger partial charge is 0.150 e. The largest absolute Gasteiger partial charge is 0.394 e. The Labute approximate surface area is 122 Å². The summed E-state index contributed by atoms with van der Waals surface area (Å²) < 4.78 is 2.03. The quantitative estimate of drug-likeness (QED) is 0.850. The Balaban J connectivity index is 1.97. The molecule has 1 aromatic heterocycles. The van der Waals surface area contributed by atoms with Crippen LogP contribution in [0.2, 0.25) is 0 Å². The maximum atomic E-state index is 6.20. The van der Waals surface area contributed by atoms with Crippen LogP contribution in [0.4, 0.5) is 11.5 Å². The van der Waals surface area contributed by atoms with Crippen LogP contribution >= 0.6 is 0 Å². The molecule has 0 aliphatic carbocycles. The molecular weight excluding hydrogens is 252 g/mol. The molecule has 2 N–H and O–H groups in total. The van der Waals surface area contributed by atoms with E-state index >= 15 is 0 Å². The molecule has 1 aromatic rings. The molecule has 0 atom stereocenters. The van der Waals surface area contributed by atoms with E-state index in [-0.39, 0.29) is 0 Å². The number of anilines is 2. The Morgan fingerprint density at radius 2 is 1.85 bits per heavy atom. The summed E-state index contributed by atoms with van der Waals surface area (Å²) in [6, 6.07) is 0. The van der Waals surface area contributed by atoms with Gasteiger partial charge in [0.2, 0.25) is 0 Å². The fourth-order valence-electron chi connectivity index (χ4n) is 2.66. The lowest BCUT2D eigenvalue weighted by Crippen LogP contribution is -2.48. The van der Waals surface area contributed by atoms with Gasteiger partial charge in [0, 0.05) is 45.8 Å². The van der Waals surface area contributed by atoms with Gasteiger partial charge in [-0.3, -0.25) is 4.90 Å². The lowest BCUT2D eigenvalue weighted by atomic mass is 10.3. The second-order valence-corrected chi connectivity index (χ2v) is 5.77. The van der Waals surface area contributed by atoms with Gasteiger partial charge < -0.3 is 15.5 Å². The normalized spacial score (nSPS) is 17.1. The van der Waals surface area contributed by atoms with E-state index < -0.39 is 0 Å². The first-order valence-electron chi connectivity index (χ1n) is 7.47. The maximum absolute atomic E-state index is 6.20. The summed E-state index contributed by atoms with van der Waals surface area (Å²) >= 11 is 0. The first-order valence-corrected chi connectivity index (χ1v) is 7.47. The van der Waals surface area contributed by atoms with E-state index in [1.807, 2.05) is 11.6 Å². The molecule has 2 rings (SSSR count). The van der Waals surface area contributed by atoms with Gasteiger partial charge in [0.25, 0.3) is 0 Å². The van der Waals surface area contributed by atoms with Gasteiger partial charge in [0.05, 0.1) is 11.4 Å². The predicted octanol–water partition coefficient (Wildman–Crippen LogP) is 0.477. The molecule has 0 amide bonds. The summed E-state index contributed by atoms with van der Waals surface area (Å²) in [6.07, 6.45) is 0. The third kappa shape index (κ3) is 3.24. The number of rotatable bonds is 5. The minimum atomic E-state index is 0.841. The maximum Gasteiger partial charge on any atom is 0.150 e. The van der Waals surface area contributed by atoms with Crippen LogP contribution in [0, 0.1) is 6.92 Å². The highest BCUT2D eigenvalue weighted by atomic mass is 15.4. The summed E-state index contributed by atoms with van der Waals surface area (Å²) in [5, 5.41) is 4.51. The van der Waals surface area contributed by atoms with Crippen LogP contribution in [0.1, 0.15) is 12.6 Å². The zero-order valence-electron chi connectivity index (χ0n) is 13.3. The van der Waals surface area contributed by atoms with Crippen molar-refractivity contribution < 1.29 is 0 Å². The highest BCUT2D eigenvalue weighted by molar-refractivity contribution is 5.66. The third-order valence-electron chi connectivity index (χ3n) is 3.98. The minimum absolute atomic E-state index is 0.841. The monoisotopic (exact) mass is 280 g/mol. The number of likely N-dealkylation sites (N-methyl/N-ethyl adjacent to an activating group) is 1. The fourth-order valence-corrected chi connectivity index (χ4v) is 2.66. The van der Waals surface area contributed by atoms with Crippen molar-refractivity contribution in [3.63, 3.8) is 0 Å². The molecule has 1 aliphatic heterocycles. The molecular formula is C14H28N6. The molecule has 6 nitrogen and oxygen atoms in total. The first kappa shape index (κ1) is 15.1. The molecule has 0 saturated carbocycles. The number of hydrogen-bond acceptors (Lipinski definition) is 5. The van der Waals surface area contributed by atoms with Gasteiger partial charge in [-0.25, -0.2) is 4.68 Å². The molecule has 2 heterocycles. The van der Waals surface area contributed by atoms with Crippen molar-refractivity contribution in [2.45, 2.75) is 20.4 Å². The van der Waals surface area contributed by atoms with Crippen LogP contribution in [0.15, 0.2) is 0 Å². The Bertz CT molecular complexity index is 431. The fraction of sp³-hybridized carbons (Fsp3) is 0.786. The minimum Gasteiger partial charge on any atom is -0.394 e. The van der Waals surface area contributed by atoms with E-state index in [2.05, 4.69) is 40.8 Å². The Morgan fingerprint density at radius 1 is 1.20 bits per heavy atom. The van der Waals surface area contributed by atoms with Crippen molar-refractivity contribution in [1.82, 2.24) is 19.6 Å². The highest BCUT2D eigenvalue weighted by Gasteiger charge is 2.23. The van der Waals surface area contributed by atoms with Gasteiger partial charge in [-0.05, 0) is 27.9 Å². The number of nitrogens with two attached hydrogens (primary N) is 1. The van der Waals surface area contributed by atoms with Crippen LogP contribution in [0.25, 0.3) is 0 Å². The Kier molecular flexibility index (Phi) is 4.88. The zero-order chi connectivity index (χ0) is 14.7. The average Bonchev–Trinajstić information content (AvgIpc) is 2.72. The van der Waals surface area contributed by atoms with Crippen molar-refractivity contribution in [3.8, 4) is 0 Å². The summed E-state index contributed by atoms with van der Waals surface area (Å²) in [4.78, 5) is 7.14. The number of piperazine rings is 1. The molecule has 20 heavy (non-hydrogen) atoms. The van der Waals surface area contributed by atoms with E-state index in [1.165, 1.54) is 0 Å². The lowest BCUT2D eigenvalue weighted by Gasteiger charge is -2.36. The standard InChI is InChI=1S/C14H28N6/c1-5-20-14(13(15)12(2)16-20)19-10-8-18(9-11-19)7-6-17(3)4/h5-11,15H2,1-4H3. The first-order chi connectivity index (χ1) is 9.52. The van der Waals surface area contributed by atoms with E-state index in [0.29, 0.717) is 0 Å². The van der Waals surface area contributed by atoms with E-state index in [1.54, 1.807) is 0 Å². The van der Waals surface area contributed by atoms with Crippen LogP contribution < -0.4 is 10.6 Å². The van der Waals surface area contributed by atoms with Gasteiger partial charge in [0.1, 0.15) is 0 Å². The van der Waals surface area contributed by atoms with Crippen LogP contribution in [0.3, 0.4) is 0 Å². The van der Waals surface area contributed by atoms with Gasteiger partial charge in [0.15, 0.2) is 5.82 Å². The van der Waals surface area contributed by atoms with Gasteiger partial charge in [-0.15, -0.1) is 0 Å². The molecule has 6 heteroatoms. The molecule has 114 valence electrons. The summed E-state index contributed by atoms with van der Waals surface area (Å²) in [5.74, 6) is 1.11. The number of nitrogens with zero attached hydrogens (tertiary/aromatic N) is 5. The molecule has 0 aromatic carbocycles. The van der Waals surface area contributed by atoms with Crippen molar-refractivity contribution in [2.75, 3.05) is 64.0 Å². The van der Waals surface area contributed by atoms with Crippen molar-refractivity contribution in [3.05, 3.63) is 5.69 Å². The van der Waals surface area contributed by atoms with Crippen LogP contribution in [0.5, 0.6) is 0 Å². The number of hydrogen-bond donors (Lipinski definition) is 1. The topological polar surface area (TPSA) is 53.6 Å². The molecule has 0 bridgehead atoms. The second-order valence-electron chi connectivity index (χ2n) is 5.77. The number of nitrogen functional groups attached to an aromatic ring is 1. The number of aryl methyl sites for hydroxylation is 2. The Hall–Kier alpha value is -1.27. The summed E-state index contributed by atoms with van der Waals surface area (Å²) in [6.45, 7) is 11.5. The van der Waals surface area contributed by atoms with Crippen molar-refractivity contribution >= 4 is 11.5 Å². The summed E-state index contributed by atoms with van der Waals surface area (Å²) in [5.41, 5.74) is 7.98. The van der Waals surface area contributed by atoms with Crippen molar-refractivity contribution in [2.24, 2.45) is 0 Å². The predicted molar refractivity (Wildman–Crippen MR) is 84.3 cm³/mol. The molecule has 0 spiro atoms. The van der Waals surface area contributed by atoms with Gasteiger partial charge >= 0.3 is 0 Å². The van der Waals surface area contributed by atoms with E-state index in [4.69, 9.17) is 5.73 Å².